The van der Waals surface area contributed by atoms with Crippen LogP contribution in [0.2, 0.25) is 0 Å². The first kappa shape index (κ1) is 22.2. The number of ether oxygens (including phenoxy) is 1. The van der Waals surface area contributed by atoms with E-state index in [9.17, 15) is 22.4 Å². The number of carbonyl (C=O) groups excluding carboxylic acids is 2. The van der Waals surface area contributed by atoms with E-state index in [0.717, 1.165) is 0 Å². The quantitative estimate of drug-likeness (QED) is 0.729. The molecule has 0 aliphatic carbocycles. The van der Waals surface area contributed by atoms with Crippen molar-refractivity contribution >= 4 is 33.2 Å². The molecule has 1 saturated heterocycles. The number of fused-ring (bicyclic) bond motifs is 1. The minimum atomic E-state index is -3.89. The van der Waals surface area contributed by atoms with Gasteiger partial charge in [0.1, 0.15) is 11.6 Å². The van der Waals surface area contributed by atoms with Gasteiger partial charge in [-0.2, -0.15) is 4.31 Å². The van der Waals surface area contributed by atoms with Crippen LogP contribution in [0.5, 0.6) is 5.75 Å². The third-order valence-electron chi connectivity index (χ3n) is 5.71. The Kier molecular flexibility index (Phi) is 5.91. The van der Waals surface area contributed by atoms with E-state index < -0.39 is 27.9 Å². The predicted octanol–water partition coefficient (Wildman–Crippen LogP) is 2.89. The van der Waals surface area contributed by atoms with Crippen LogP contribution in [0.25, 0.3) is 0 Å². The van der Waals surface area contributed by atoms with Gasteiger partial charge in [-0.1, -0.05) is 6.07 Å². The molecule has 2 aliphatic rings. The Balaban J connectivity index is 1.50. The molecular weight excluding hydrogens is 437 g/mol. The van der Waals surface area contributed by atoms with Crippen molar-refractivity contribution in [1.82, 2.24) is 4.31 Å². The normalized spacial score (nSPS) is 21.3. The first-order valence-electron chi connectivity index (χ1n) is 10.3. The summed E-state index contributed by atoms with van der Waals surface area (Å²) in [6, 6.07) is 8.73. The fourth-order valence-electron chi connectivity index (χ4n) is 3.79. The van der Waals surface area contributed by atoms with Gasteiger partial charge >= 0.3 is 0 Å². The van der Waals surface area contributed by atoms with Crippen molar-refractivity contribution in [3.05, 3.63) is 47.8 Å². The zero-order valence-electron chi connectivity index (χ0n) is 17.7. The van der Waals surface area contributed by atoms with Gasteiger partial charge in [-0.25, -0.2) is 12.8 Å². The number of carbonyl (C=O) groups is 2. The van der Waals surface area contributed by atoms with Crippen molar-refractivity contribution in [3.63, 3.8) is 0 Å². The van der Waals surface area contributed by atoms with Crippen LogP contribution in [0.3, 0.4) is 0 Å². The topological polar surface area (TPSA) is 105 Å². The van der Waals surface area contributed by atoms with Crippen molar-refractivity contribution in [2.45, 2.75) is 37.7 Å². The molecule has 0 aromatic heterocycles. The summed E-state index contributed by atoms with van der Waals surface area (Å²) in [5.74, 6) is -1.29. The first-order valence-corrected chi connectivity index (χ1v) is 11.8. The number of halogens is 1. The van der Waals surface area contributed by atoms with E-state index in [4.69, 9.17) is 4.74 Å². The maximum Gasteiger partial charge on any atom is 0.265 e. The Morgan fingerprint density at radius 3 is 2.78 bits per heavy atom. The molecule has 2 aromatic carbocycles. The summed E-state index contributed by atoms with van der Waals surface area (Å²) in [5.41, 5.74) is 1.10. The Morgan fingerprint density at radius 1 is 1.25 bits per heavy atom. The largest absolute Gasteiger partial charge is 0.479 e. The second kappa shape index (κ2) is 8.51. The lowest BCUT2D eigenvalue weighted by Gasteiger charge is -2.31. The molecule has 2 N–H and O–H groups in total. The highest BCUT2D eigenvalue weighted by Gasteiger charge is 2.34. The molecule has 0 radical (unpaired) electrons. The van der Waals surface area contributed by atoms with Crippen LogP contribution >= 0.6 is 0 Å². The van der Waals surface area contributed by atoms with Crippen LogP contribution in [0.1, 0.15) is 25.3 Å². The van der Waals surface area contributed by atoms with Crippen LogP contribution < -0.4 is 15.4 Å². The van der Waals surface area contributed by atoms with Gasteiger partial charge in [0.05, 0.1) is 16.5 Å². The molecule has 2 amide bonds. The number of hydrogen-bond donors (Lipinski definition) is 2. The number of hydrogen-bond acceptors (Lipinski definition) is 5. The van der Waals surface area contributed by atoms with E-state index in [0.29, 0.717) is 35.5 Å². The summed E-state index contributed by atoms with van der Waals surface area (Å²) in [6.07, 6.45) is 0.383. The number of nitrogens with one attached hydrogen (secondary N) is 2. The molecule has 0 spiro atoms. The molecule has 0 saturated carbocycles. The van der Waals surface area contributed by atoms with Gasteiger partial charge in [-0.05, 0) is 62.6 Å². The molecule has 10 heteroatoms. The first-order chi connectivity index (χ1) is 15.1. The molecular formula is C22H24FN3O5S. The second-order valence-corrected chi connectivity index (χ2v) is 10.0. The zero-order chi connectivity index (χ0) is 23.0. The van der Waals surface area contributed by atoms with Crippen molar-refractivity contribution in [2.24, 2.45) is 5.92 Å². The fraction of sp³-hybridized carbons (Fsp3) is 0.364. The van der Waals surface area contributed by atoms with Crippen molar-refractivity contribution < 1.29 is 27.1 Å². The molecule has 8 nitrogen and oxygen atoms in total. The van der Waals surface area contributed by atoms with E-state index in [2.05, 4.69) is 10.6 Å². The van der Waals surface area contributed by atoms with E-state index >= 15 is 0 Å². The summed E-state index contributed by atoms with van der Waals surface area (Å²) >= 11 is 0. The number of rotatable bonds is 4. The molecule has 1 fully saturated rings. The van der Waals surface area contributed by atoms with Gasteiger partial charge in [0, 0.05) is 18.8 Å². The van der Waals surface area contributed by atoms with Crippen LogP contribution in [0, 0.1) is 18.7 Å². The van der Waals surface area contributed by atoms with Gasteiger partial charge in [-0.15, -0.1) is 0 Å². The number of aryl methyl sites for hydroxylation is 1. The Morgan fingerprint density at radius 2 is 2.03 bits per heavy atom. The number of anilines is 2. The minimum Gasteiger partial charge on any atom is -0.479 e. The van der Waals surface area contributed by atoms with Gasteiger partial charge in [-0.3, -0.25) is 9.59 Å². The summed E-state index contributed by atoms with van der Waals surface area (Å²) in [5, 5.41) is 5.32. The number of amides is 2. The van der Waals surface area contributed by atoms with E-state index in [1.54, 1.807) is 26.0 Å². The average molecular weight is 462 g/mol. The summed E-state index contributed by atoms with van der Waals surface area (Å²) in [4.78, 5) is 24.6. The summed E-state index contributed by atoms with van der Waals surface area (Å²) in [6.45, 7) is 3.53. The summed E-state index contributed by atoms with van der Waals surface area (Å²) in [7, 11) is -3.89. The SMILES string of the molecule is Cc1ccc(NC(=O)C2CCCN(S(=O)(=O)c3ccc4c(c3)NC(=O)C(C)O4)C2)cc1F. The smallest absolute Gasteiger partial charge is 0.265 e. The van der Waals surface area contributed by atoms with Crippen LogP contribution in [0.4, 0.5) is 15.8 Å². The minimum absolute atomic E-state index is 0.0105. The Bertz CT molecular complexity index is 1180. The molecule has 2 aromatic rings. The molecule has 2 unspecified atom stereocenters. The van der Waals surface area contributed by atoms with Gasteiger partial charge < -0.3 is 15.4 Å². The molecule has 2 aliphatic heterocycles. The average Bonchev–Trinajstić information content (AvgIpc) is 2.77. The van der Waals surface area contributed by atoms with Crippen molar-refractivity contribution in [2.75, 3.05) is 23.7 Å². The number of piperidine rings is 1. The van der Waals surface area contributed by atoms with Crippen LogP contribution in [-0.2, 0) is 19.6 Å². The number of nitrogens with zero attached hydrogens (tertiary/aromatic N) is 1. The predicted molar refractivity (Wildman–Crippen MR) is 116 cm³/mol. The molecule has 2 atom stereocenters. The highest BCUT2D eigenvalue weighted by Crippen LogP contribution is 2.33. The molecule has 2 heterocycles. The number of benzene rings is 2. The Hall–Kier alpha value is -2.98. The van der Waals surface area contributed by atoms with Gasteiger partial charge in [0.2, 0.25) is 15.9 Å². The van der Waals surface area contributed by atoms with Gasteiger partial charge in [0.25, 0.3) is 5.91 Å². The second-order valence-electron chi connectivity index (χ2n) is 8.06. The van der Waals surface area contributed by atoms with E-state index in [1.807, 2.05) is 0 Å². The fourth-order valence-corrected chi connectivity index (χ4v) is 5.34. The molecule has 4 rings (SSSR count). The lowest BCUT2D eigenvalue weighted by atomic mass is 9.98. The Labute approximate surface area is 185 Å². The third-order valence-corrected chi connectivity index (χ3v) is 7.58. The maximum absolute atomic E-state index is 13.8. The van der Waals surface area contributed by atoms with E-state index in [1.165, 1.54) is 28.6 Å². The maximum atomic E-state index is 13.8. The van der Waals surface area contributed by atoms with Crippen LogP contribution in [-0.4, -0.2) is 43.7 Å². The zero-order valence-corrected chi connectivity index (χ0v) is 18.5. The van der Waals surface area contributed by atoms with Crippen molar-refractivity contribution in [1.29, 1.82) is 0 Å². The highest BCUT2D eigenvalue weighted by atomic mass is 32.2. The monoisotopic (exact) mass is 461 g/mol. The molecule has 0 bridgehead atoms. The standard InChI is InChI=1S/C22H24FN3O5S/c1-13-5-6-16(10-18(13)23)24-22(28)15-4-3-9-26(12-15)32(29,30)17-7-8-20-19(11-17)25-21(27)14(2)31-20/h5-8,10-11,14-15H,3-4,9,12H2,1-2H3,(H,24,28)(H,25,27). The van der Waals surface area contributed by atoms with Crippen LogP contribution in [0.15, 0.2) is 41.3 Å². The summed E-state index contributed by atoms with van der Waals surface area (Å²) < 4.78 is 47.0. The lowest BCUT2D eigenvalue weighted by molar-refractivity contribution is -0.123. The molecule has 32 heavy (non-hydrogen) atoms. The lowest BCUT2D eigenvalue weighted by Crippen LogP contribution is -2.43. The molecule has 170 valence electrons. The van der Waals surface area contributed by atoms with Gasteiger partial charge in [0.15, 0.2) is 6.10 Å². The highest BCUT2D eigenvalue weighted by molar-refractivity contribution is 7.89. The third kappa shape index (κ3) is 4.33. The van der Waals surface area contributed by atoms with E-state index in [-0.39, 0.29) is 29.8 Å². The number of sulfonamides is 1. The van der Waals surface area contributed by atoms with Crippen molar-refractivity contribution in [3.8, 4) is 5.75 Å².